The molecule has 0 aliphatic rings. The van der Waals surface area contributed by atoms with Crippen LogP contribution in [0.4, 0.5) is 5.69 Å². The van der Waals surface area contributed by atoms with Crippen molar-refractivity contribution < 1.29 is 8.83 Å². The van der Waals surface area contributed by atoms with Gasteiger partial charge in [-0.3, -0.25) is 0 Å². The average Bonchev–Trinajstić information content (AvgIpc) is 3.55. The zero-order chi connectivity index (χ0) is 27.1. The van der Waals surface area contributed by atoms with Crippen molar-refractivity contribution in [2.45, 2.75) is 65.7 Å². The van der Waals surface area contributed by atoms with E-state index in [1.807, 2.05) is 0 Å². The van der Waals surface area contributed by atoms with Crippen molar-refractivity contribution in [2.75, 3.05) is 18.0 Å². The van der Waals surface area contributed by atoms with E-state index in [0.29, 0.717) is 5.89 Å². The molecule has 6 rings (SSSR count). The molecule has 0 spiro atoms. The average molecular weight is 519 g/mol. The summed E-state index contributed by atoms with van der Waals surface area (Å²) >= 11 is 0. The Morgan fingerprint density at radius 1 is 0.744 bits per heavy atom. The van der Waals surface area contributed by atoms with E-state index in [4.69, 9.17) is 13.8 Å². The molecule has 0 radical (unpaired) electrons. The van der Waals surface area contributed by atoms with Gasteiger partial charge in [0, 0.05) is 46.6 Å². The molecule has 6 aromatic rings. The number of anilines is 1. The van der Waals surface area contributed by atoms with E-state index in [-0.39, 0.29) is 5.41 Å². The minimum Gasteiger partial charge on any atom is -0.454 e. The standard InChI is InChI=1S/C35H38N2O2/c1-6-8-20-37(21-9-7-2)25-18-19-28-29(22-25)38-33-30(28)26-12-10-11-13-27(26)32-31(33)36-34(39-32)23-14-16-24(17-15-23)35(3,4)5/h10-19,22H,6-9,20-21H2,1-5H3. The van der Waals surface area contributed by atoms with Gasteiger partial charge in [-0.25, -0.2) is 4.98 Å². The van der Waals surface area contributed by atoms with Gasteiger partial charge in [0.2, 0.25) is 5.89 Å². The lowest BCUT2D eigenvalue weighted by molar-refractivity contribution is 0.589. The van der Waals surface area contributed by atoms with E-state index < -0.39 is 0 Å². The summed E-state index contributed by atoms with van der Waals surface area (Å²) in [7, 11) is 0. The molecule has 4 heteroatoms. The maximum atomic E-state index is 6.64. The van der Waals surface area contributed by atoms with Crippen molar-refractivity contribution in [3.05, 3.63) is 72.3 Å². The SMILES string of the molecule is CCCCN(CCCC)c1ccc2c(c1)oc1c3nc(-c4ccc(C(C)(C)C)cc4)oc3c3ccccc3c21. The van der Waals surface area contributed by atoms with Crippen molar-refractivity contribution in [1.29, 1.82) is 0 Å². The van der Waals surface area contributed by atoms with Crippen LogP contribution >= 0.6 is 0 Å². The van der Waals surface area contributed by atoms with Crippen molar-refractivity contribution in [2.24, 2.45) is 0 Å². The zero-order valence-corrected chi connectivity index (χ0v) is 23.8. The lowest BCUT2D eigenvalue weighted by atomic mass is 9.87. The Morgan fingerprint density at radius 3 is 2.10 bits per heavy atom. The van der Waals surface area contributed by atoms with Crippen LogP contribution < -0.4 is 4.90 Å². The fourth-order valence-corrected chi connectivity index (χ4v) is 5.58. The second-order valence-electron chi connectivity index (χ2n) is 11.8. The molecule has 2 aromatic heterocycles. The highest BCUT2D eigenvalue weighted by atomic mass is 16.4. The van der Waals surface area contributed by atoms with Crippen LogP contribution in [-0.4, -0.2) is 18.1 Å². The number of nitrogens with zero attached hydrogens (tertiary/aromatic N) is 2. The molecule has 0 fully saturated rings. The van der Waals surface area contributed by atoms with Crippen LogP contribution in [0, 0.1) is 0 Å². The molecule has 0 amide bonds. The van der Waals surface area contributed by atoms with E-state index in [0.717, 1.165) is 62.5 Å². The first-order valence-electron chi connectivity index (χ1n) is 14.4. The van der Waals surface area contributed by atoms with E-state index in [9.17, 15) is 0 Å². The lowest BCUT2D eigenvalue weighted by Gasteiger charge is -2.24. The summed E-state index contributed by atoms with van der Waals surface area (Å²) in [6.07, 6.45) is 4.75. The molecular formula is C35H38N2O2. The van der Waals surface area contributed by atoms with Gasteiger partial charge < -0.3 is 13.7 Å². The molecule has 0 bridgehead atoms. The van der Waals surface area contributed by atoms with Crippen molar-refractivity contribution in [3.8, 4) is 11.5 Å². The summed E-state index contributed by atoms with van der Waals surface area (Å²) in [5.74, 6) is 0.620. The monoisotopic (exact) mass is 518 g/mol. The predicted molar refractivity (Wildman–Crippen MR) is 165 cm³/mol. The van der Waals surface area contributed by atoms with Crippen molar-refractivity contribution in [1.82, 2.24) is 4.98 Å². The van der Waals surface area contributed by atoms with Gasteiger partial charge in [-0.05, 0) is 53.5 Å². The smallest absolute Gasteiger partial charge is 0.227 e. The van der Waals surface area contributed by atoms with Crippen LogP contribution in [-0.2, 0) is 5.41 Å². The predicted octanol–water partition coefficient (Wildman–Crippen LogP) is 10.3. The normalized spacial score (nSPS) is 12.3. The summed E-state index contributed by atoms with van der Waals surface area (Å²) in [4.78, 5) is 7.52. The minimum atomic E-state index is 0.0952. The van der Waals surface area contributed by atoms with Gasteiger partial charge in [-0.2, -0.15) is 0 Å². The van der Waals surface area contributed by atoms with Crippen LogP contribution in [0.15, 0.2) is 75.6 Å². The highest BCUT2D eigenvalue weighted by Crippen LogP contribution is 2.42. The highest BCUT2D eigenvalue weighted by Gasteiger charge is 2.22. The van der Waals surface area contributed by atoms with Crippen LogP contribution in [0.3, 0.4) is 0 Å². The number of furan rings is 1. The van der Waals surface area contributed by atoms with Gasteiger partial charge in [-0.15, -0.1) is 0 Å². The van der Waals surface area contributed by atoms with Gasteiger partial charge in [0.05, 0.1) is 0 Å². The van der Waals surface area contributed by atoms with Gasteiger partial charge >= 0.3 is 0 Å². The molecule has 4 aromatic carbocycles. The second kappa shape index (κ2) is 10.1. The van der Waals surface area contributed by atoms with Crippen LogP contribution in [0.1, 0.15) is 65.9 Å². The Kier molecular flexibility index (Phi) is 6.58. The largest absolute Gasteiger partial charge is 0.454 e. The third kappa shape index (κ3) is 4.56. The lowest BCUT2D eigenvalue weighted by Crippen LogP contribution is -2.25. The number of hydrogen-bond donors (Lipinski definition) is 0. The third-order valence-corrected chi connectivity index (χ3v) is 7.88. The van der Waals surface area contributed by atoms with E-state index in [2.05, 4.69) is 106 Å². The molecule has 2 heterocycles. The Bertz CT molecular complexity index is 1760. The Hall–Kier alpha value is -3.79. The number of unbranched alkanes of at least 4 members (excludes halogenated alkanes) is 2. The zero-order valence-electron chi connectivity index (χ0n) is 23.8. The molecular weight excluding hydrogens is 480 g/mol. The summed E-state index contributed by atoms with van der Waals surface area (Å²) in [5, 5.41) is 4.42. The fourth-order valence-electron chi connectivity index (χ4n) is 5.58. The van der Waals surface area contributed by atoms with Gasteiger partial charge in [0.1, 0.15) is 5.58 Å². The second-order valence-corrected chi connectivity index (χ2v) is 11.8. The number of benzene rings is 4. The minimum absolute atomic E-state index is 0.0952. The Balaban J connectivity index is 1.53. The maximum Gasteiger partial charge on any atom is 0.227 e. The summed E-state index contributed by atoms with van der Waals surface area (Å²) in [5.41, 5.74) is 6.84. The van der Waals surface area contributed by atoms with E-state index in [1.165, 1.54) is 36.9 Å². The summed E-state index contributed by atoms with van der Waals surface area (Å²) in [6, 6.07) is 23.7. The molecule has 0 atom stereocenters. The number of hydrogen-bond acceptors (Lipinski definition) is 4. The number of aromatic nitrogens is 1. The topological polar surface area (TPSA) is 42.4 Å². The summed E-state index contributed by atoms with van der Waals surface area (Å²) in [6.45, 7) is 13.3. The number of rotatable bonds is 8. The Labute approximate surface area is 230 Å². The van der Waals surface area contributed by atoms with E-state index in [1.54, 1.807) is 0 Å². The number of fused-ring (bicyclic) bond motifs is 8. The molecule has 0 unspecified atom stereocenters. The number of oxazole rings is 1. The van der Waals surface area contributed by atoms with Gasteiger partial charge in [0.25, 0.3) is 0 Å². The Morgan fingerprint density at radius 2 is 1.44 bits per heavy atom. The highest BCUT2D eigenvalue weighted by molar-refractivity contribution is 6.28. The first-order valence-corrected chi connectivity index (χ1v) is 14.4. The van der Waals surface area contributed by atoms with Crippen molar-refractivity contribution in [3.63, 3.8) is 0 Å². The molecule has 0 saturated heterocycles. The van der Waals surface area contributed by atoms with Crippen LogP contribution in [0.5, 0.6) is 0 Å². The third-order valence-electron chi connectivity index (χ3n) is 7.88. The first kappa shape index (κ1) is 25.5. The molecule has 4 nitrogen and oxygen atoms in total. The van der Waals surface area contributed by atoms with Gasteiger partial charge in [0.15, 0.2) is 16.7 Å². The van der Waals surface area contributed by atoms with E-state index >= 15 is 0 Å². The molecule has 39 heavy (non-hydrogen) atoms. The molecule has 0 saturated carbocycles. The van der Waals surface area contributed by atoms with Crippen LogP contribution in [0.25, 0.3) is 55.3 Å². The summed E-state index contributed by atoms with van der Waals surface area (Å²) < 4.78 is 13.1. The molecule has 0 aliphatic carbocycles. The maximum absolute atomic E-state index is 6.64. The first-order chi connectivity index (χ1) is 18.9. The quantitative estimate of drug-likeness (QED) is 0.201. The van der Waals surface area contributed by atoms with Gasteiger partial charge in [-0.1, -0.05) is 83.9 Å². The molecule has 200 valence electrons. The molecule has 0 N–H and O–H groups in total. The van der Waals surface area contributed by atoms with Crippen LogP contribution in [0.2, 0.25) is 0 Å². The van der Waals surface area contributed by atoms with Crippen molar-refractivity contribution >= 4 is 49.5 Å². The molecule has 0 aliphatic heterocycles. The fraction of sp³-hybridized carbons (Fsp3) is 0.343.